The van der Waals surface area contributed by atoms with Crippen molar-refractivity contribution in [1.82, 2.24) is 0 Å². The first kappa shape index (κ1) is 20.7. The lowest BCUT2D eigenvalue weighted by molar-refractivity contribution is -0.154. The maximum atomic E-state index is 13.6. The third-order valence-corrected chi connectivity index (χ3v) is 4.72. The van der Waals surface area contributed by atoms with Gasteiger partial charge in [0.1, 0.15) is 17.1 Å². The van der Waals surface area contributed by atoms with E-state index in [9.17, 15) is 22.8 Å². The standard InChI is InChI=1S/C21H10BrF3O6/c22-13-4-1-2-5-14(13)30-18-17(26)12-8-7-11(29-20(27)15-6-3-9-28-15)10-16(12)31-19(18)21(23,24)25/h1-10H. The van der Waals surface area contributed by atoms with Crippen LogP contribution in [-0.4, -0.2) is 5.97 Å². The molecule has 2 heterocycles. The van der Waals surface area contributed by atoms with E-state index in [0.717, 1.165) is 6.07 Å². The average molecular weight is 495 g/mol. The largest absolute Gasteiger partial charge is 0.457 e. The van der Waals surface area contributed by atoms with Crippen LogP contribution in [0.15, 0.2) is 79.0 Å². The number of hydrogen-bond donors (Lipinski definition) is 0. The molecule has 0 atom stereocenters. The van der Waals surface area contributed by atoms with E-state index in [1.54, 1.807) is 12.1 Å². The van der Waals surface area contributed by atoms with Gasteiger partial charge in [-0.2, -0.15) is 13.2 Å². The first-order valence-corrected chi connectivity index (χ1v) is 9.39. The van der Waals surface area contributed by atoms with Crippen molar-refractivity contribution < 1.29 is 36.3 Å². The lowest BCUT2D eigenvalue weighted by Gasteiger charge is -2.14. The molecular weight excluding hydrogens is 485 g/mol. The summed E-state index contributed by atoms with van der Waals surface area (Å²) < 4.78 is 61.5. The number of fused-ring (bicyclic) bond motifs is 1. The molecule has 0 bridgehead atoms. The maximum absolute atomic E-state index is 13.6. The molecule has 0 aliphatic rings. The van der Waals surface area contributed by atoms with E-state index in [1.165, 1.54) is 42.7 Å². The van der Waals surface area contributed by atoms with E-state index in [4.69, 9.17) is 18.3 Å². The fourth-order valence-electron chi connectivity index (χ4n) is 2.69. The molecule has 0 unspecified atom stereocenters. The van der Waals surface area contributed by atoms with Crippen molar-refractivity contribution >= 4 is 32.9 Å². The van der Waals surface area contributed by atoms with Gasteiger partial charge in [-0.15, -0.1) is 0 Å². The Bertz CT molecular complexity index is 1330. The Balaban J connectivity index is 1.80. The molecule has 2 aromatic carbocycles. The van der Waals surface area contributed by atoms with Crippen LogP contribution in [-0.2, 0) is 6.18 Å². The fraction of sp³-hybridized carbons (Fsp3) is 0.0476. The van der Waals surface area contributed by atoms with E-state index in [0.29, 0.717) is 4.47 Å². The van der Waals surface area contributed by atoms with Gasteiger partial charge in [-0.25, -0.2) is 4.79 Å². The predicted octanol–water partition coefficient (Wildman–Crippen LogP) is 6.18. The summed E-state index contributed by atoms with van der Waals surface area (Å²) in [6.07, 6.45) is -3.76. The molecule has 0 saturated heterocycles. The summed E-state index contributed by atoms with van der Waals surface area (Å²) in [5, 5.41) is -0.187. The molecular formula is C21H10BrF3O6. The van der Waals surface area contributed by atoms with Gasteiger partial charge in [0, 0.05) is 6.07 Å². The van der Waals surface area contributed by atoms with E-state index < -0.39 is 34.7 Å². The van der Waals surface area contributed by atoms with Crippen molar-refractivity contribution in [2.45, 2.75) is 6.18 Å². The number of carbonyl (C=O) groups excluding carboxylic acids is 1. The number of ether oxygens (including phenoxy) is 2. The second-order valence-corrected chi connectivity index (χ2v) is 7.00. The van der Waals surface area contributed by atoms with E-state index in [1.807, 2.05) is 0 Å². The molecule has 0 fully saturated rings. The minimum Gasteiger partial charge on any atom is -0.457 e. The molecule has 0 aliphatic heterocycles. The zero-order valence-electron chi connectivity index (χ0n) is 15.2. The summed E-state index contributed by atoms with van der Waals surface area (Å²) >= 11 is 3.16. The Morgan fingerprint density at radius 2 is 1.81 bits per heavy atom. The van der Waals surface area contributed by atoms with E-state index >= 15 is 0 Å². The molecule has 31 heavy (non-hydrogen) atoms. The number of benzene rings is 2. The van der Waals surface area contributed by atoms with Crippen LogP contribution >= 0.6 is 15.9 Å². The summed E-state index contributed by atoms with van der Waals surface area (Å²) in [6, 6.07) is 12.4. The zero-order valence-corrected chi connectivity index (χ0v) is 16.8. The Hall–Kier alpha value is -3.53. The molecule has 0 radical (unpaired) electrons. The second kappa shape index (κ2) is 7.95. The molecule has 4 rings (SSSR count). The zero-order chi connectivity index (χ0) is 22.2. The third-order valence-electron chi connectivity index (χ3n) is 4.06. The molecule has 6 nitrogen and oxygen atoms in total. The molecule has 0 spiro atoms. The highest BCUT2D eigenvalue weighted by Gasteiger charge is 2.40. The molecule has 0 aliphatic carbocycles. The van der Waals surface area contributed by atoms with E-state index in [2.05, 4.69) is 15.9 Å². The van der Waals surface area contributed by atoms with Crippen LogP contribution in [0, 0.1) is 0 Å². The van der Waals surface area contributed by atoms with E-state index in [-0.39, 0.29) is 22.6 Å². The minimum absolute atomic E-state index is 0.00338. The number of halogens is 4. The Labute approximate surface area is 179 Å². The Morgan fingerprint density at radius 1 is 1.03 bits per heavy atom. The van der Waals surface area contributed by atoms with Crippen LogP contribution in [0.25, 0.3) is 11.0 Å². The van der Waals surface area contributed by atoms with Gasteiger partial charge >= 0.3 is 12.1 Å². The SMILES string of the molecule is O=C(Oc1ccc2c(=O)c(Oc3ccccc3Br)c(C(F)(F)F)oc2c1)c1ccco1. The monoisotopic (exact) mass is 494 g/mol. The summed E-state index contributed by atoms with van der Waals surface area (Å²) in [6.45, 7) is 0. The van der Waals surface area contributed by atoms with Crippen LogP contribution in [0.1, 0.15) is 16.3 Å². The summed E-state index contributed by atoms with van der Waals surface area (Å²) in [7, 11) is 0. The highest BCUT2D eigenvalue weighted by molar-refractivity contribution is 9.10. The highest BCUT2D eigenvalue weighted by Crippen LogP contribution is 2.39. The fourth-order valence-corrected chi connectivity index (χ4v) is 3.05. The second-order valence-electron chi connectivity index (χ2n) is 6.14. The molecule has 2 aromatic heterocycles. The van der Waals surface area contributed by atoms with Crippen molar-refractivity contribution in [3.05, 3.63) is 87.1 Å². The van der Waals surface area contributed by atoms with Gasteiger partial charge in [-0.1, -0.05) is 12.1 Å². The lowest BCUT2D eigenvalue weighted by Crippen LogP contribution is -2.15. The average Bonchev–Trinajstić information content (AvgIpc) is 3.25. The summed E-state index contributed by atoms with van der Waals surface area (Å²) in [5.41, 5.74) is -1.46. The van der Waals surface area contributed by atoms with Crippen molar-refractivity contribution in [2.24, 2.45) is 0 Å². The van der Waals surface area contributed by atoms with Gasteiger partial charge < -0.3 is 18.3 Å². The summed E-state index contributed by atoms with van der Waals surface area (Å²) in [4.78, 5) is 24.8. The van der Waals surface area contributed by atoms with Crippen molar-refractivity contribution in [3.8, 4) is 17.2 Å². The van der Waals surface area contributed by atoms with Crippen molar-refractivity contribution in [1.29, 1.82) is 0 Å². The van der Waals surface area contributed by atoms with Gasteiger partial charge in [0.25, 0.3) is 5.76 Å². The molecule has 4 aromatic rings. The maximum Gasteiger partial charge on any atom is 0.453 e. The first-order chi connectivity index (χ1) is 14.7. The first-order valence-electron chi connectivity index (χ1n) is 8.60. The van der Waals surface area contributed by atoms with Crippen LogP contribution < -0.4 is 14.9 Å². The van der Waals surface area contributed by atoms with Gasteiger partial charge in [0.15, 0.2) is 0 Å². The Morgan fingerprint density at radius 3 is 2.48 bits per heavy atom. The third kappa shape index (κ3) is 4.19. The molecule has 158 valence electrons. The van der Waals surface area contributed by atoms with Crippen molar-refractivity contribution in [2.75, 3.05) is 0 Å². The van der Waals surface area contributed by atoms with Crippen LogP contribution in [0.2, 0.25) is 0 Å². The smallest absolute Gasteiger partial charge is 0.453 e. The number of furan rings is 1. The quantitative estimate of drug-likeness (QED) is 0.249. The number of carbonyl (C=O) groups is 1. The topological polar surface area (TPSA) is 78.9 Å². The molecule has 0 saturated carbocycles. The number of alkyl halides is 3. The van der Waals surface area contributed by atoms with Gasteiger partial charge in [-0.3, -0.25) is 4.79 Å². The molecule has 0 amide bonds. The number of rotatable bonds is 4. The number of esters is 1. The minimum atomic E-state index is -5.02. The van der Waals surface area contributed by atoms with Gasteiger partial charge in [-0.05, 0) is 52.3 Å². The lowest BCUT2D eigenvalue weighted by atomic mass is 10.2. The van der Waals surface area contributed by atoms with Crippen LogP contribution in [0.4, 0.5) is 13.2 Å². The van der Waals surface area contributed by atoms with Gasteiger partial charge in [0.2, 0.25) is 16.9 Å². The Kier molecular flexibility index (Phi) is 5.32. The molecule has 10 heteroatoms. The normalized spacial score (nSPS) is 11.5. The highest BCUT2D eigenvalue weighted by atomic mass is 79.9. The van der Waals surface area contributed by atoms with Crippen molar-refractivity contribution in [3.63, 3.8) is 0 Å². The summed E-state index contributed by atoms with van der Waals surface area (Å²) in [5.74, 6) is -3.72. The predicted molar refractivity (Wildman–Crippen MR) is 105 cm³/mol. The number of para-hydroxylation sites is 1. The number of hydrogen-bond acceptors (Lipinski definition) is 6. The van der Waals surface area contributed by atoms with Crippen LogP contribution in [0.3, 0.4) is 0 Å². The van der Waals surface area contributed by atoms with Crippen LogP contribution in [0.5, 0.6) is 17.2 Å². The van der Waals surface area contributed by atoms with Gasteiger partial charge in [0.05, 0.1) is 16.1 Å². The molecule has 0 N–H and O–H groups in total.